The molecule has 2 aliphatic rings. The zero-order chi connectivity index (χ0) is 14.6. The number of ether oxygens (including phenoxy) is 4. The summed E-state index contributed by atoms with van der Waals surface area (Å²) < 4.78 is 21.0. The predicted molar refractivity (Wildman–Crippen MR) is 68.7 cm³/mol. The molecule has 2 rings (SSSR count). The number of hydrogen-bond acceptors (Lipinski definition) is 6. The summed E-state index contributed by atoms with van der Waals surface area (Å²) >= 11 is 0. The summed E-state index contributed by atoms with van der Waals surface area (Å²) in [6.07, 6.45) is 2.78. The molecular formula is C14H22O6. The van der Waals surface area contributed by atoms with Crippen molar-refractivity contribution >= 4 is 11.9 Å². The quantitative estimate of drug-likeness (QED) is 0.572. The molecule has 1 atom stereocenters. The van der Waals surface area contributed by atoms with E-state index in [0.29, 0.717) is 38.9 Å². The third-order valence-corrected chi connectivity index (χ3v) is 4.07. The van der Waals surface area contributed by atoms with Crippen molar-refractivity contribution in [3.63, 3.8) is 0 Å². The maximum absolute atomic E-state index is 12.0. The second kappa shape index (κ2) is 6.54. The lowest BCUT2D eigenvalue weighted by molar-refractivity contribution is -0.190. The van der Waals surface area contributed by atoms with Crippen LogP contribution in [0.4, 0.5) is 0 Å². The van der Waals surface area contributed by atoms with E-state index in [4.69, 9.17) is 18.9 Å². The third-order valence-electron chi connectivity index (χ3n) is 4.07. The van der Waals surface area contributed by atoms with Crippen molar-refractivity contribution in [2.45, 2.75) is 38.4 Å². The van der Waals surface area contributed by atoms with E-state index in [1.165, 1.54) is 7.11 Å². The van der Waals surface area contributed by atoms with Gasteiger partial charge in [0, 0.05) is 12.8 Å². The fourth-order valence-corrected chi connectivity index (χ4v) is 3.04. The van der Waals surface area contributed by atoms with Crippen molar-refractivity contribution in [3.8, 4) is 0 Å². The Kier molecular flexibility index (Phi) is 4.99. The van der Waals surface area contributed by atoms with Crippen molar-refractivity contribution in [2.24, 2.45) is 11.8 Å². The Morgan fingerprint density at radius 2 is 1.80 bits per heavy atom. The summed E-state index contributed by atoms with van der Waals surface area (Å²) in [6, 6.07) is 0. The highest BCUT2D eigenvalue weighted by atomic mass is 16.7. The van der Waals surface area contributed by atoms with Gasteiger partial charge in [-0.2, -0.15) is 0 Å². The first-order chi connectivity index (χ1) is 9.62. The van der Waals surface area contributed by atoms with E-state index in [1.807, 2.05) is 0 Å². The maximum Gasteiger partial charge on any atom is 0.320 e. The van der Waals surface area contributed by atoms with Crippen LogP contribution in [0, 0.1) is 11.8 Å². The SMILES string of the molecule is CCOC(=O)C(C(=O)OC)C1CCC2(CC1)OCCO2. The Morgan fingerprint density at radius 1 is 1.20 bits per heavy atom. The molecule has 0 bridgehead atoms. The van der Waals surface area contributed by atoms with Gasteiger partial charge in [0.2, 0.25) is 0 Å². The van der Waals surface area contributed by atoms with Crippen LogP contribution in [-0.4, -0.2) is 44.7 Å². The molecule has 6 heteroatoms. The first-order valence-electron chi connectivity index (χ1n) is 7.14. The number of rotatable bonds is 4. The van der Waals surface area contributed by atoms with Crippen LogP contribution in [0.1, 0.15) is 32.6 Å². The van der Waals surface area contributed by atoms with E-state index >= 15 is 0 Å². The Labute approximate surface area is 118 Å². The summed E-state index contributed by atoms with van der Waals surface area (Å²) in [7, 11) is 1.29. The van der Waals surface area contributed by atoms with Crippen LogP contribution >= 0.6 is 0 Å². The summed E-state index contributed by atoms with van der Waals surface area (Å²) in [4.78, 5) is 23.8. The van der Waals surface area contributed by atoms with Gasteiger partial charge in [-0.1, -0.05) is 0 Å². The second-order valence-corrected chi connectivity index (χ2v) is 5.20. The second-order valence-electron chi connectivity index (χ2n) is 5.20. The molecular weight excluding hydrogens is 264 g/mol. The van der Waals surface area contributed by atoms with E-state index < -0.39 is 23.6 Å². The van der Waals surface area contributed by atoms with Crippen molar-refractivity contribution in [1.29, 1.82) is 0 Å². The lowest BCUT2D eigenvalue weighted by atomic mass is 9.77. The van der Waals surface area contributed by atoms with Gasteiger partial charge in [-0.25, -0.2) is 0 Å². The summed E-state index contributed by atoms with van der Waals surface area (Å²) in [5.74, 6) is -2.41. The predicted octanol–water partition coefficient (Wildman–Crippen LogP) is 1.27. The summed E-state index contributed by atoms with van der Waals surface area (Å²) in [6.45, 7) is 3.21. The van der Waals surface area contributed by atoms with Gasteiger partial charge in [-0.15, -0.1) is 0 Å². The zero-order valence-electron chi connectivity index (χ0n) is 12.1. The summed E-state index contributed by atoms with van der Waals surface area (Å²) in [5, 5.41) is 0. The maximum atomic E-state index is 12.0. The third kappa shape index (κ3) is 3.12. The van der Waals surface area contributed by atoms with E-state index in [9.17, 15) is 9.59 Å². The first kappa shape index (κ1) is 15.3. The molecule has 0 aromatic heterocycles. The van der Waals surface area contributed by atoms with Crippen LogP contribution in [-0.2, 0) is 28.5 Å². The molecule has 1 aliphatic carbocycles. The van der Waals surface area contributed by atoms with Crippen LogP contribution in [0.25, 0.3) is 0 Å². The molecule has 1 saturated heterocycles. The lowest BCUT2D eigenvalue weighted by Gasteiger charge is -2.36. The van der Waals surface area contributed by atoms with Gasteiger partial charge in [0.15, 0.2) is 11.7 Å². The number of carbonyl (C=O) groups is 2. The molecule has 0 amide bonds. The van der Waals surface area contributed by atoms with Crippen LogP contribution in [0.3, 0.4) is 0 Å². The first-order valence-corrected chi connectivity index (χ1v) is 7.14. The van der Waals surface area contributed by atoms with Crippen LogP contribution in [0.15, 0.2) is 0 Å². The molecule has 6 nitrogen and oxygen atoms in total. The largest absolute Gasteiger partial charge is 0.468 e. The molecule has 1 saturated carbocycles. The van der Waals surface area contributed by atoms with Crippen molar-refractivity contribution in [1.82, 2.24) is 0 Å². The Hall–Kier alpha value is -1.14. The minimum Gasteiger partial charge on any atom is -0.468 e. The molecule has 114 valence electrons. The summed E-state index contributed by atoms with van der Waals surface area (Å²) in [5.41, 5.74) is 0. The lowest BCUT2D eigenvalue weighted by Crippen LogP contribution is -2.41. The normalized spacial score (nSPS) is 23.5. The van der Waals surface area contributed by atoms with Gasteiger partial charge < -0.3 is 18.9 Å². The highest BCUT2D eigenvalue weighted by molar-refractivity contribution is 5.95. The average Bonchev–Trinajstić information content (AvgIpc) is 2.90. The number of hydrogen-bond donors (Lipinski definition) is 0. The van der Waals surface area contributed by atoms with Gasteiger partial charge in [-0.3, -0.25) is 9.59 Å². The minimum absolute atomic E-state index is 0.0695. The van der Waals surface area contributed by atoms with Crippen LogP contribution in [0.2, 0.25) is 0 Å². The average molecular weight is 286 g/mol. The molecule has 1 heterocycles. The van der Waals surface area contributed by atoms with E-state index in [-0.39, 0.29) is 12.5 Å². The molecule has 1 unspecified atom stereocenters. The number of carbonyl (C=O) groups excluding carboxylic acids is 2. The smallest absolute Gasteiger partial charge is 0.320 e. The van der Waals surface area contributed by atoms with Gasteiger partial charge in [-0.05, 0) is 25.7 Å². The highest BCUT2D eigenvalue weighted by Crippen LogP contribution is 2.41. The molecule has 2 fully saturated rings. The molecule has 1 spiro atoms. The Morgan fingerprint density at radius 3 is 2.30 bits per heavy atom. The van der Waals surface area contributed by atoms with E-state index in [0.717, 1.165) is 0 Å². The topological polar surface area (TPSA) is 71.1 Å². The van der Waals surface area contributed by atoms with Crippen molar-refractivity contribution < 1.29 is 28.5 Å². The van der Waals surface area contributed by atoms with Crippen LogP contribution in [0.5, 0.6) is 0 Å². The Bertz CT molecular complexity index is 351. The molecule has 0 radical (unpaired) electrons. The standard InChI is InChI=1S/C14H22O6/c1-3-18-13(16)11(12(15)17-2)10-4-6-14(7-5-10)19-8-9-20-14/h10-11H,3-9H2,1-2H3. The van der Waals surface area contributed by atoms with E-state index in [2.05, 4.69) is 0 Å². The fraction of sp³-hybridized carbons (Fsp3) is 0.857. The molecule has 0 aromatic carbocycles. The molecule has 1 aliphatic heterocycles. The zero-order valence-corrected chi connectivity index (χ0v) is 12.1. The van der Waals surface area contributed by atoms with Crippen LogP contribution < -0.4 is 0 Å². The number of esters is 2. The number of methoxy groups -OCH3 is 1. The van der Waals surface area contributed by atoms with Crippen molar-refractivity contribution in [3.05, 3.63) is 0 Å². The van der Waals surface area contributed by atoms with Gasteiger partial charge in [0.05, 0.1) is 26.9 Å². The molecule has 0 N–H and O–H groups in total. The van der Waals surface area contributed by atoms with E-state index in [1.54, 1.807) is 6.92 Å². The van der Waals surface area contributed by atoms with Gasteiger partial charge in [0.1, 0.15) is 0 Å². The fourth-order valence-electron chi connectivity index (χ4n) is 3.04. The molecule has 20 heavy (non-hydrogen) atoms. The molecule has 0 aromatic rings. The van der Waals surface area contributed by atoms with Gasteiger partial charge in [0.25, 0.3) is 0 Å². The monoisotopic (exact) mass is 286 g/mol. The van der Waals surface area contributed by atoms with Crippen molar-refractivity contribution in [2.75, 3.05) is 26.9 Å². The Balaban J connectivity index is 2.00. The van der Waals surface area contributed by atoms with Gasteiger partial charge >= 0.3 is 11.9 Å². The highest BCUT2D eigenvalue weighted by Gasteiger charge is 2.46. The minimum atomic E-state index is -0.835.